The Balaban J connectivity index is 1.98. The minimum Gasteiger partial charge on any atom is -0.0620 e. The molecule has 1 saturated carbocycles. The number of aryl methyl sites for hydroxylation is 3. The molecule has 2 aromatic carbocycles. The smallest absolute Gasteiger partial charge is 0.0114 e. The Hall–Kier alpha value is -1.82. The SMILES string of the molecule is Cc1ccc2c(c1)CCc1ccccc1C2=C1CCCCC1. The van der Waals surface area contributed by atoms with Gasteiger partial charge in [-0.3, -0.25) is 0 Å². The second-order valence-electron chi connectivity index (χ2n) is 6.86. The molecule has 0 heterocycles. The molecular weight excluding hydrogens is 264 g/mol. The van der Waals surface area contributed by atoms with Crippen LogP contribution >= 0.6 is 0 Å². The maximum Gasteiger partial charge on any atom is -0.0114 e. The van der Waals surface area contributed by atoms with Crippen LogP contribution in [0.3, 0.4) is 0 Å². The second kappa shape index (κ2) is 5.76. The van der Waals surface area contributed by atoms with Gasteiger partial charge in [0.25, 0.3) is 0 Å². The molecule has 22 heavy (non-hydrogen) atoms. The fourth-order valence-electron chi connectivity index (χ4n) is 4.18. The molecule has 0 spiro atoms. The molecule has 112 valence electrons. The lowest BCUT2D eigenvalue weighted by Crippen LogP contribution is -2.02. The van der Waals surface area contributed by atoms with Crippen molar-refractivity contribution >= 4 is 5.57 Å². The summed E-state index contributed by atoms with van der Waals surface area (Å²) in [5.41, 5.74) is 10.7. The predicted molar refractivity (Wildman–Crippen MR) is 94.1 cm³/mol. The van der Waals surface area contributed by atoms with Crippen molar-refractivity contribution in [1.29, 1.82) is 0 Å². The molecule has 2 aromatic rings. The topological polar surface area (TPSA) is 0 Å². The molecule has 0 unspecified atom stereocenters. The standard InChI is InChI=1S/C22H24/c1-16-11-14-21-19(15-16)13-12-17-7-5-6-10-20(17)22(21)18-8-3-2-4-9-18/h5-7,10-11,14-15H,2-4,8-9,12-13H2,1H3. The largest absolute Gasteiger partial charge is 0.0620 e. The van der Waals surface area contributed by atoms with E-state index >= 15 is 0 Å². The Morgan fingerprint density at radius 2 is 1.41 bits per heavy atom. The van der Waals surface area contributed by atoms with Gasteiger partial charge in [-0.1, -0.05) is 60.0 Å². The monoisotopic (exact) mass is 288 g/mol. The lowest BCUT2D eigenvalue weighted by molar-refractivity contribution is 0.601. The molecule has 0 heteroatoms. The van der Waals surface area contributed by atoms with E-state index in [0.717, 1.165) is 0 Å². The number of allylic oxidation sites excluding steroid dienone is 1. The van der Waals surface area contributed by atoms with E-state index < -0.39 is 0 Å². The Kier molecular flexibility index (Phi) is 3.62. The van der Waals surface area contributed by atoms with Crippen molar-refractivity contribution in [3.05, 3.63) is 75.9 Å². The van der Waals surface area contributed by atoms with Crippen molar-refractivity contribution in [3.8, 4) is 0 Å². The first-order valence-electron chi connectivity index (χ1n) is 8.73. The van der Waals surface area contributed by atoms with Crippen LogP contribution in [0, 0.1) is 6.92 Å². The van der Waals surface area contributed by atoms with E-state index in [4.69, 9.17) is 0 Å². The lowest BCUT2D eigenvalue weighted by Gasteiger charge is -2.22. The van der Waals surface area contributed by atoms with Crippen molar-refractivity contribution in [3.63, 3.8) is 0 Å². The summed E-state index contributed by atoms with van der Waals surface area (Å²) in [4.78, 5) is 0. The van der Waals surface area contributed by atoms with Crippen molar-refractivity contribution in [2.75, 3.05) is 0 Å². The summed E-state index contributed by atoms with van der Waals surface area (Å²) in [5, 5.41) is 0. The van der Waals surface area contributed by atoms with E-state index in [1.807, 2.05) is 0 Å². The highest BCUT2D eigenvalue weighted by Gasteiger charge is 2.21. The van der Waals surface area contributed by atoms with Gasteiger partial charge in [-0.05, 0) is 73.3 Å². The molecule has 1 fully saturated rings. The van der Waals surface area contributed by atoms with Crippen molar-refractivity contribution in [2.24, 2.45) is 0 Å². The molecule has 0 N–H and O–H groups in total. The Morgan fingerprint density at radius 3 is 2.27 bits per heavy atom. The summed E-state index contributed by atoms with van der Waals surface area (Å²) in [6, 6.07) is 16.2. The van der Waals surface area contributed by atoms with Gasteiger partial charge in [0.2, 0.25) is 0 Å². The van der Waals surface area contributed by atoms with Gasteiger partial charge in [-0.15, -0.1) is 0 Å². The normalized spacial score (nSPS) is 17.7. The van der Waals surface area contributed by atoms with Crippen LogP contribution in [0.4, 0.5) is 0 Å². The average molecular weight is 288 g/mol. The van der Waals surface area contributed by atoms with Crippen molar-refractivity contribution < 1.29 is 0 Å². The van der Waals surface area contributed by atoms with Gasteiger partial charge in [0.15, 0.2) is 0 Å². The molecule has 2 aliphatic carbocycles. The van der Waals surface area contributed by atoms with Crippen LogP contribution in [0.25, 0.3) is 5.57 Å². The maximum atomic E-state index is 2.41. The lowest BCUT2D eigenvalue weighted by atomic mass is 9.83. The number of fused-ring (bicyclic) bond motifs is 2. The highest BCUT2D eigenvalue weighted by molar-refractivity contribution is 5.86. The van der Waals surface area contributed by atoms with Crippen LogP contribution in [-0.2, 0) is 12.8 Å². The van der Waals surface area contributed by atoms with Gasteiger partial charge in [0, 0.05) is 0 Å². The van der Waals surface area contributed by atoms with Gasteiger partial charge in [-0.25, -0.2) is 0 Å². The zero-order valence-corrected chi connectivity index (χ0v) is 13.5. The number of hydrogen-bond donors (Lipinski definition) is 0. The first-order chi connectivity index (χ1) is 10.8. The summed E-state index contributed by atoms with van der Waals surface area (Å²) in [5.74, 6) is 0. The van der Waals surface area contributed by atoms with Crippen LogP contribution < -0.4 is 0 Å². The van der Waals surface area contributed by atoms with Gasteiger partial charge in [-0.2, -0.15) is 0 Å². The third-order valence-corrected chi connectivity index (χ3v) is 5.29. The molecule has 0 atom stereocenters. The average Bonchev–Trinajstić information content (AvgIpc) is 2.72. The highest BCUT2D eigenvalue weighted by Crippen LogP contribution is 2.40. The van der Waals surface area contributed by atoms with Crippen LogP contribution in [0.1, 0.15) is 59.9 Å². The minimum atomic E-state index is 1.17. The second-order valence-corrected chi connectivity index (χ2v) is 6.86. The molecule has 2 aliphatic rings. The molecule has 0 nitrogen and oxygen atoms in total. The molecule has 0 amide bonds. The van der Waals surface area contributed by atoms with E-state index in [9.17, 15) is 0 Å². The molecular formula is C22H24. The maximum absolute atomic E-state index is 2.41. The summed E-state index contributed by atoms with van der Waals surface area (Å²) in [7, 11) is 0. The molecule has 4 rings (SSSR count). The molecule has 0 bridgehead atoms. The minimum absolute atomic E-state index is 1.17. The summed E-state index contributed by atoms with van der Waals surface area (Å²) in [6.45, 7) is 2.21. The third-order valence-electron chi connectivity index (χ3n) is 5.29. The van der Waals surface area contributed by atoms with E-state index in [1.165, 1.54) is 67.2 Å². The quantitative estimate of drug-likeness (QED) is 0.569. The molecule has 0 radical (unpaired) electrons. The van der Waals surface area contributed by atoms with Gasteiger partial charge in [0.05, 0.1) is 0 Å². The van der Waals surface area contributed by atoms with E-state index in [2.05, 4.69) is 49.4 Å². The Bertz CT molecular complexity index is 725. The van der Waals surface area contributed by atoms with Gasteiger partial charge >= 0.3 is 0 Å². The number of hydrogen-bond acceptors (Lipinski definition) is 0. The summed E-state index contributed by atoms with van der Waals surface area (Å²) in [6.07, 6.45) is 9.05. The predicted octanol–water partition coefficient (Wildman–Crippen LogP) is 5.86. The zero-order chi connectivity index (χ0) is 14.9. The van der Waals surface area contributed by atoms with Crippen LogP contribution in [0.5, 0.6) is 0 Å². The van der Waals surface area contributed by atoms with E-state index in [0.29, 0.717) is 0 Å². The fourth-order valence-corrected chi connectivity index (χ4v) is 4.18. The Labute approximate surface area is 133 Å². The van der Waals surface area contributed by atoms with Crippen molar-refractivity contribution in [1.82, 2.24) is 0 Å². The molecule has 0 aromatic heterocycles. The first-order valence-corrected chi connectivity index (χ1v) is 8.73. The molecule has 0 aliphatic heterocycles. The number of rotatable bonds is 0. The van der Waals surface area contributed by atoms with E-state index in [1.54, 1.807) is 16.7 Å². The zero-order valence-electron chi connectivity index (χ0n) is 13.5. The third kappa shape index (κ3) is 2.41. The summed E-state index contributed by atoms with van der Waals surface area (Å²) >= 11 is 0. The highest BCUT2D eigenvalue weighted by atomic mass is 14.3. The van der Waals surface area contributed by atoms with Gasteiger partial charge in [0.1, 0.15) is 0 Å². The van der Waals surface area contributed by atoms with Crippen LogP contribution in [0.15, 0.2) is 48.0 Å². The van der Waals surface area contributed by atoms with E-state index in [-0.39, 0.29) is 0 Å². The number of benzene rings is 2. The first kappa shape index (κ1) is 13.8. The summed E-state index contributed by atoms with van der Waals surface area (Å²) < 4.78 is 0. The van der Waals surface area contributed by atoms with Crippen LogP contribution in [0.2, 0.25) is 0 Å². The van der Waals surface area contributed by atoms with Crippen molar-refractivity contribution in [2.45, 2.75) is 51.9 Å². The van der Waals surface area contributed by atoms with Crippen LogP contribution in [-0.4, -0.2) is 0 Å². The fraction of sp³-hybridized carbons (Fsp3) is 0.364. The Morgan fingerprint density at radius 1 is 0.682 bits per heavy atom. The van der Waals surface area contributed by atoms with Gasteiger partial charge < -0.3 is 0 Å². The molecule has 0 saturated heterocycles.